The lowest BCUT2D eigenvalue weighted by Crippen LogP contribution is -2.12. The summed E-state index contributed by atoms with van der Waals surface area (Å²) in [5.41, 5.74) is 17.5. The van der Waals surface area contributed by atoms with E-state index < -0.39 is 0 Å². The summed E-state index contributed by atoms with van der Waals surface area (Å²) in [6.45, 7) is 0. The van der Waals surface area contributed by atoms with E-state index in [1.54, 1.807) is 0 Å². The average Bonchev–Trinajstić information content (AvgIpc) is 3.79. The molecule has 1 nitrogen and oxygen atoms in total. The minimum atomic E-state index is 1.08. The smallest absolute Gasteiger partial charge is 0.0546 e. The van der Waals surface area contributed by atoms with Crippen molar-refractivity contribution in [2.75, 3.05) is 4.90 Å². The van der Waals surface area contributed by atoms with Gasteiger partial charge in [-0.1, -0.05) is 218 Å². The Bertz CT molecular complexity index is 3680. The maximum Gasteiger partial charge on any atom is 0.0546 e. The monoisotopic (exact) mass is 857 g/mol. The molecule has 0 unspecified atom stereocenters. The van der Waals surface area contributed by atoms with Crippen molar-refractivity contribution in [3.05, 3.63) is 261 Å². The molecule has 0 aliphatic heterocycles. The summed E-state index contributed by atoms with van der Waals surface area (Å²) in [5.74, 6) is 0. The molecule has 0 spiro atoms. The van der Waals surface area contributed by atoms with Crippen molar-refractivity contribution < 1.29 is 0 Å². The molecule has 12 rings (SSSR count). The Morgan fingerprint density at radius 1 is 0.273 bits per heavy atom. The third-order valence-corrected chi connectivity index (χ3v) is 14.1. The predicted molar refractivity (Wildman–Crippen MR) is 284 cm³/mol. The standard InChI is InChI=1S/C64H43NS/c1-3-17-48(18-4-1)55-24-9-10-26-59(55)63-56(49-19-5-2-6-20-49)27-15-30-61(63)65(54-23-13-22-52(43-54)57-28-14-29-60-58-25-11-12-31-62(58)66-64(57)60)53-40-38-46(39-41-53)45-32-34-47(35-33-45)51-37-36-44-16-7-8-21-50(44)42-51/h1-43H. The molecule has 0 fully saturated rings. The van der Waals surface area contributed by atoms with Gasteiger partial charge in [-0.2, -0.15) is 0 Å². The SMILES string of the molecule is c1ccc(-c2ccccc2-c2c(-c3ccccc3)cccc2N(c2ccc(-c3ccc(-c4ccc5ccccc5c4)cc3)cc2)c2cccc(-c3cccc4c3sc3ccccc34)c2)cc1. The van der Waals surface area contributed by atoms with Gasteiger partial charge >= 0.3 is 0 Å². The lowest BCUT2D eigenvalue weighted by atomic mass is 9.87. The first-order valence-electron chi connectivity index (χ1n) is 22.6. The molecule has 0 N–H and O–H groups in total. The van der Waals surface area contributed by atoms with E-state index in [2.05, 4.69) is 266 Å². The molecular formula is C64H43NS. The van der Waals surface area contributed by atoms with Crippen LogP contribution in [0, 0.1) is 0 Å². The Balaban J connectivity index is 1.03. The lowest BCUT2D eigenvalue weighted by Gasteiger charge is -2.30. The van der Waals surface area contributed by atoms with Crippen molar-refractivity contribution in [1.82, 2.24) is 0 Å². The summed E-state index contributed by atoms with van der Waals surface area (Å²) in [4.78, 5) is 2.46. The molecular weight excluding hydrogens is 815 g/mol. The summed E-state index contributed by atoms with van der Waals surface area (Å²) in [6.07, 6.45) is 0. The van der Waals surface area contributed by atoms with Crippen molar-refractivity contribution >= 4 is 59.3 Å². The Morgan fingerprint density at radius 3 is 1.58 bits per heavy atom. The second kappa shape index (κ2) is 17.0. The van der Waals surface area contributed by atoms with E-state index in [0.29, 0.717) is 0 Å². The third kappa shape index (κ3) is 7.24. The predicted octanol–water partition coefficient (Wildman–Crippen LogP) is 18.7. The van der Waals surface area contributed by atoms with Gasteiger partial charge in [-0.15, -0.1) is 11.3 Å². The summed E-state index contributed by atoms with van der Waals surface area (Å²) < 4.78 is 2.61. The average molecular weight is 858 g/mol. The molecule has 66 heavy (non-hydrogen) atoms. The zero-order chi connectivity index (χ0) is 43.8. The van der Waals surface area contributed by atoms with Gasteiger partial charge in [0.1, 0.15) is 0 Å². The molecule has 0 radical (unpaired) electrons. The fourth-order valence-electron chi connectivity index (χ4n) is 9.68. The minimum Gasteiger partial charge on any atom is -0.310 e. The number of nitrogens with zero attached hydrogens (tertiary/aromatic N) is 1. The third-order valence-electron chi connectivity index (χ3n) is 12.9. The second-order valence-electron chi connectivity index (χ2n) is 16.8. The van der Waals surface area contributed by atoms with Gasteiger partial charge in [0, 0.05) is 37.1 Å². The Morgan fingerprint density at radius 2 is 0.803 bits per heavy atom. The van der Waals surface area contributed by atoms with Gasteiger partial charge in [0.15, 0.2) is 0 Å². The molecule has 11 aromatic carbocycles. The number of anilines is 3. The molecule has 12 aromatic rings. The van der Waals surface area contributed by atoms with Crippen LogP contribution in [-0.4, -0.2) is 0 Å². The fraction of sp³-hybridized carbons (Fsp3) is 0. The summed E-state index contributed by atoms with van der Waals surface area (Å²) in [5, 5.41) is 5.11. The number of fused-ring (bicyclic) bond motifs is 4. The summed E-state index contributed by atoms with van der Waals surface area (Å²) in [6, 6.07) is 95.2. The largest absolute Gasteiger partial charge is 0.310 e. The first-order valence-corrected chi connectivity index (χ1v) is 23.4. The number of rotatable bonds is 9. The maximum absolute atomic E-state index is 2.46. The second-order valence-corrected chi connectivity index (χ2v) is 17.9. The Labute approximate surface area is 389 Å². The first-order chi connectivity index (χ1) is 32.7. The van der Waals surface area contributed by atoms with Crippen LogP contribution in [0.25, 0.3) is 97.7 Å². The van der Waals surface area contributed by atoms with Gasteiger partial charge in [-0.05, 0) is 114 Å². The van der Waals surface area contributed by atoms with E-state index >= 15 is 0 Å². The highest BCUT2D eigenvalue weighted by molar-refractivity contribution is 7.26. The van der Waals surface area contributed by atoms with Gasteiger partial charge in [0.25, 0.3) is 0 Å². The van der Waals surface area contributed by atoms with E-state index in [9.17, 15) is 0 Å². The van der Waals surface area contributed by atoms with Crippen LogP contribution in [0.15, 0.2) is 261 Å². The van der Waals surface area contributed by atoms with Crippen LogP contribution >= 0.6 is 11.3 Å². The molecule has 1 heterocycles. The zero-order valence-electron chi connectivity index (χ0n) is 36.2. The van der Waals surface area contributed by atoms with Gasteiger partial charge in [-0.3, -0.25) is 0 Å². The van der Waals surface area contributed by atoms with E-state index in [1.165, 1.54) is 97.7 Å². The minimum absolute atomic E-state index is 1.08. The van der Waals surface area contributed by atoms with Crippen LogP contribution in [0.4, 0.5) is 17.1 Å². The van der Waals surface area contributed by atoms with Crippen molar-refractivity contribution in [2.45, 2.75) is 0 Å². The highest BCUT2D eigenvalue weighted by atomic mass is 32.1. The van der Waals surface area contributed by atoms with Crippen molar-refractivity contribution in [1.29, 1.82) is 0 Å². The first kappa shape index (κ1) is 39.3. The van der Waals surface area contributed by atoms with Crippen molar-refractivity contribution in [2.24, 2.45) is 0 Å². The Hall–Kier alpha value is -8.30. The molecule has 0 saturated carbocycles. The van der Waals surface area contributed by atoms with E-state index in [-0.39, 0.29) is 0 Å². The molecule has 310 valence electrons. The zero-order valence-corrected chi connectivity index (χ0v) is 37.0. The molecule has 0 bridgehead atoms. The van der Waals surface area contributed by atoms with Crippen LogP contribution in [0.5, 0.6) is 0 Å². The van der Waals surface area contributed by atoms with Crippen LogP contribution in [-0.2, 0) is 0 Å². The lowest BCUT2D eigenvalue weighted by molar-refractivity contribution is 1.28. The molecule has 0 atom stereocenters. The van der Waals surface area contributed by atoms with E-state index in [1.807, 2.05) is 11.3 Å². The highest BCUT2D eigenvalue weighted by Gasteiger charge is 2.23. The fourth-order valence-corrected chi connectivity index (χ4v) is 10.9. The van der Waals surface area contributed by atoms with Crippen molar-refractivity contribution in [3.8, 4) is 66.8 Å². The summed E-state index contributed by atoms with van der Waals surface area (Å²) >= 11 is 1.87. The molecule has 0 aliphatic carbocycles. The Kier molecular flexibility index (Phi) is 10.1. The highest BCUT2D eigenvalue weighted by Crippen LogP contribution is 2.49. The molecule has 1 aromatic heterocycles. The number of benzene rings is 11. The number of hydrogen-bond acceptors (Lipinski definition) is 2. The number of thiophene rings is 1. The molecule has 0 amide bonds. The van der Waals surface area contributed by atoms with Crippen LogP contribution in [0.2, 0.25) is 0 Å². The van der Waals surface area contributed by atoms with Crippen molar-refractivity contribution in [3.63, 3.8) is 0 Å². The normalized spacial score (nSPS) is 11.3. The van der Waals surface area contributed by atoms with Gasteiger partial charge in [0.05, 0.1) is 5.69 Å². The van der Waals surface area contributed by atoms with Crippen LogP contribution in [0.3, 0.4) is 0 Å². The van der Waals surface area contributed by atoms with Gasteiger partial charge < -0.3 is 4.90 Å². The topological polar surface area (TPSA) is 3.24 Å². The van der Waals surface area contributed by atoms with Gasteiger partial charge in [-0.25, -0.2) is 0 Å². The van der Waals surface area contributed by atoms with Crippen LogP contribution < -0.4 is 4.90 Å². The van der Waals surface area contributed by atoms with E-state index in [4.69, 9.17) is 0 Å². The summed E-state index contributed by atoms with van der Waals surface area (Å²) in [7, 11) is 0. The molecule has 2 heteroatoms. The van der Waals surface area contributed by atoms with Gasteiger partial charge in [0.2, 0.25) is 0 Å². The number of hydrogen-bond donors (Lipinski definition) is 0. The van der Waals surface area contributed by atoms with Crippen LogP contribution in [0.1, 0.15) is 0 Å². The van der Waals surface area contributed by atoms with E-state index in [0.717, 1.165) is 17.1 Å². The molecule has 0 aliphatic rings. The maximum atomic E-state index is 2.46. The quantitative estimate of drug-likeness (QED) is 0.140. The molecule has 0 saturated heterocycles.